The molecule has 0 aliphatic heterocycles. The predicted molar refractivity (Wildman–Crippen MR) is 108 cm³/mol. The first-order chi connectivity index (χ1) is 13.7. The summed E-state index contributed by atoms with van der Waals surface area (Å²) in [6.07, 6.45) is 16.3. The number of nitrogens with zero attached hydrogens (tertiary/aromatic N) is 4. The minimum absolute atomic E-state index is 0.0585. The van der Waals surface area contributed by atoms with E-state index in [4.69, 9.17) is 20.5 Å². The Morgan fingerprint density at radius 2 is 1.43 bits per heavy atom. The van der Waals surface area contributed by atoms with Gasteiger partial charge in [0.1, 0.15) is 24.7 Å². The molecule has 0 aliphatic carbocycles. The number of nitriles is 3. The molecule has 28 heavy (non-hydrogen) atoms. The molecule has 6 heteroatoms. The first-order valence-electron chi connectivity index (χ1n) is 10.1. The van der Waals surface area contributed by atoms with Crippen LogP contribution in [0.4, 0.5) is 0 Å². The Balaban J connectivity index is 3.98. The highest BCUT2D eigenvalue weighted by Gasteiger charge is 2.09. The number of ether oxygens (including phenoxy) is 1. The van der Waals surface area contributed by atoms with Gasteiger partial charge in [0.15, 0.2) is 0 Å². The summed E-state index contributed by atoms with van der Waals surface area (Å²) in [5, 5.41) is 26.4. The second kappa shape index (κ2) is 19.0. The van der Waals surface area contributed by atoms with E-state index in [1.165, 1.54) is 68.2 Å². The van der Waals surface area contributed by atoms with Crippen molar-refractivity contribution in [1.29, 1.82) is 15.8 Å². The molecule has 0 unspecified atom stereocenters. The number of hydrogen-bond acceptors (Lipinski definition) is 6. The molecule has 0 rings (SSSR count). The number of rotatable bonds is 16. The van der Waals surface area contributed by atoms with Crippen LogP contribution in [0.25, 0.3) is 0 Å². The van der Waals surface area contributed by atoms with E-state index in [2.05, 4.69) is 6.92 Å². The van der Waals surface area contributed by atoms with Crippen molar-refractivity contribution in [3.05, 3.63) is 23.9 Å². The fourth-order valence-corrected chi connectivity index (χ4v) is 2.59. The van der Waals surface area contributed by atoms with Gasteiger partial charge in [0.2, 0.25) is 0 Å². The SMILES string of the molecule is CCCCCCCCCCCCOC(=O)/C(C#N)=C/C=C/N(CC#N)CC#N. The van der Waals surface area contributed by atoms with Crippen molar-refractivity contribution >= 4 is 5.97 Å². The molecule has 0 amide bonds. The van der Waals surface area contributed by atoms with Crippen LogP contribution >= 0.6 is 0 Å². The largest absolute Gasteiger partial charge is 0.462 e. The zero-order chi connectivity index (χ0) is 20.9. The highest BCUT2D eigenvalue weighted by Crippen LogP contribution is 2.10. The van der Waals surface area contributed by atoms with Gasteiger partial charge in [-0.1, -0.05) is 64.7 Å². The van der Waals surface area contributed by atoms with Gasteiger partial charge in [0.25, 0.3) is 0 Å². The molecule has 0 aromatic rings. The van der Waals surface area contributed by atoms with Crippen LogP contribution in [0.15, 0.2) is 23.9 Å². The summed E-state index contributed by atoms with van der Waals surface area (Å²) in [6, 6.07) is 5.69. The molecule has 0 aliphatic rings. The van der Waals surface area contributed by atoms with Crippen LogP contribution in [0.1, 0.15) is 71.1 Å². The number of carbonyl (C=O) groups is 1. The number of esters is 1. The van der Waals surface area contributed by atoms with Gasteiger partial charge in [-0.2, -0.15) is 15.8 Å². The number of allylic oxidation sites excluding steroid dienone is 2. The van der Waals surface area contributed by atoms with Crippen molar-refractivity contribution in [1.82, 2.24) is 4.90 Å². The maximum absolute atomic E-state index is 11.9. The lowest BCUT2D eigenvalue weighted by Crippen LogP contribution is -2.17. The summed E-state index contributed by atoms with van der Waals surface area (Å²) >= 11 is 0. The molecular weight excluding hydrogens is 352 g/mol. The molecule has 0 bridgehead atoms. The molecule has 0 N–H and O–H groups in total. The van der Waals surface area contributed by atoms with E-state index in [1.54, 1.807) is 0 Å². The van der Waals surface area contributed by atoms with Crippen LogP contribution in [0.3, 0.4) is 0 Å². The van der Waals surface area contributed by atoms with Crippen LogP contribution in [-0.2, 0) is 9.53 Å². The molecule has 0 aromatic carbocycles. The maximum Gasteiger partial charge on any atom is 0.348 e. The third-order valence-electron chi connectivity index (χ3n) is 4.18. The Morgan fingerprint density at radius 3 is 1.93 bits per heavy atom. The van der Waals surface area contributed by atoms with Gasteiger partial charge in [-0.25, -0.2) is 4.79 Å². The van der Waals surface area contributed by atoms with E-state index < -0.39 is 5.97 Å². The molecule has 0 spiro atoms. The van der Waals surface area contributed by atoms with Gasteiger partial charge in [0, 0.05) is 6.20 Å². The topological polar surface area (TPSA) is 101 Å². The summed E-state index contributed by atoms with van der Waals surface area (Å²) in [5.74, 6) is -0.643. The molecule has 152 valence electrons. The molecule has 0 saturated heterocycles. The smallest absolute Gasteiger partial charge is 0.348 e. The van der Waals surface area contributed by atoms with Crippen molar-refractivity contribution in [2.24, 2.45) is 0 Å². The fourth-order valence-electron chi connectivity index (χ4n) is 2.59. The molecule has 0 saturated carbocycles. The average molecular weight is 385 g/mol. The summed E-state index contributed by atoms with van der Waals surface area (Å²) in [5.41, 5.74) is -0.0998. The summed E-state index contributed by atoms with van der Waals surface area (Å²) in [4.78, 5) is 13.4. The van der Waals surface area contributed by atoms with Crippen molar-refractivity contribution in [2.75, 3.05) is 19.7 Å². The van der Waals surface area contributed by atoms with Crippen LogP contribution in [0, 0.1) is 34.0 Å². The van der Waals surface area contributed by atoms with Gasteiger partial charge in [-0.05, 0) is 18.6 Å². The van der Waals surface area contributed by atoms with Crippen molar-refractivity contribution in [2.45, 2.75) is 71.1 Å². The van der Waals surface area contributed by atoms with Crippen molar-refractivity contribution in [3.63, 3.8) is 0 Å². The van der Waals surface area contributed by atoms with E-state index in [1.807, 2.05) is 18.2 Å². The normalized spacial score (nSPS) is 10.9. The second-order valence-electron chi connectivity index (χ2n) is 6.57. The Hall–Kier alpha value is -2.78. The molecule has 0 fully saturated rings. The number of hydrogen-bond donors (Lipinski definition) is 0. The summed E-state index contributed by atoms with van der Waals surface area (Å²) in [6.45, 7) is 2.65. The maximum atomic E-state index is 11.9. The minimum atomic E-state index is -0.643. The molecule has 0 radical (unpaired) electrons. The first-order valence-corrected chi connectivity index (χ1v) is 10.1. The molecule has 0 atom stereocenters. The van der Waals surface area contributed by atoms with Crippen molar-refractivity contribution in [3.8, 4) is 18.2 Å². The highest BCUT2D eigenvalue weighted by atomic mass is 16.5. The number of unbranched alkanes of at least 4 members (excludes halogenated alkanes) is 9. The highest BCUT2D eigenvalue weighted by molar-refractivity contribution is 5.93. The van der Waals surface area contributed by atoms with Gasteiger partial charge in [0.05, 0.1) is 18.7 Å². The minimum Gasteiger partial charge on any atom is -0.462 e. The van der Waals surface area contributed by atoms with Gasteiger partial charge < -0.3 is 9.64 Å². The lowest BCUT2D eigenvalue weighted by molar-refractivity contribution is -0.138. The van der Waals surface area contributed by atoms with Crippen LogP contribution in [-0.4, -0.2) is 30.6 Å². The molecule has 0 aromatic heterocycles. The third kappa shape index (κ3) is 14.4. The third-order valence-corrected chi connectivity index (χ3v) is 4.18. The Morgan fingerprint density at radius 1 is 0.893 bits per heavy atom. The average Bonchev–Trinajstić information content (AvgIpc) is 2.69. The van der Waals surface area contributed by atoms with E-state index in [9.17, 15) is 4.79 Å². The fraction of sp³-hybridized carbons (Fsp3) is 0.636. The van der Waals surface area contributed by atoms with Gasteiger partial charge in [-0.3, -0.25) is 0 Å². The second-order valence-corrected chi connectivity index (χ2v) is 6.57. The molecule has 6 nitrogen and oxygen atoms in total. The van der Waals surface area contributed by atoms with Crippen molar-refractivity contribution < 1.29 is 9.53 Å². The molecular formula is C22H32N4O2. The van der Waals surface area contributed by atoms with E-state index in [-0.39, 0.29) is 18.7 Å². The van der Waals surface area contributed by atoms with Crippen LogP contribution in [0.5, 0.6) is 0 Å². The lowest BCUT2D eigenvalue weighted by atomic mass is 10.1. The predicted octanol–water partition coefficient (Wildman–Crippen LogP) is 4.76. The monoisotopic (exact) mass is 384 g/mol. The quantitative estimate of drug-likeness (QED) is 0.0949. The van der Waals surface area contributed by atoms with E-state index in [0.717, 1.165) is 19.3 Å². The van der Waals surface area contributed by atoms with Crippen LogP contribution < -0.4 is 0 Å². The summed E-state index contributed by atoms with van der Waals surface area (Å²) in [7, 11) is 0. The van der Waals surface area contributed by atoms with Gasteiger partial charge >= 0.3 is 5.97 Å². The zero-order valence-electron chi connectivity index (χ0n) is 17.0. The first kappa shape index (κ1) is 25.2. The van der Waals surface area contributed by atoms with Gasteiger partial charge in [-0.15, -0.1) is 0 Å². The van der Waals surface area contributed by atoms with Crippen LogP contribution in [0.2, 0.25) is 0 Å². The standard InChI is InChI=1S/C22H32N4O2/c1-2-3-4-5-6-7-8-9-10-11-19-28-22(27)21(20-25)13-12-16-26(17-14-23)18-15-24/h12-13,16H,2-11,17-19H2,1H3/b16-12+,21-13+. The molecule has 0 heterocycles. The Kier molecular flexibility index (Phi) is 17.1. The van der Waals surface area contributed by atoms with E-state index in [0.29, 0.717) is 6.61 Å². The summed E-state index contributed by atoms with van der Waals surface area (Å²) < 4.78 is 5.14. The Labute approximate surface area is 169 Å². The Bertz CT molecular complexity index is 589. The zero-order valence-corrected chi connectivity index (χ0v) is 17.0. The number of carbonyl (C=O) groups excluding carboxylic acids is 1. The van der Waals surface area contributed by atoms with E-state index >= 15 is 0 Å². The lowest BCUT2D eigenvalue weighted by Gasteiger charge is -2.10.